The van der Waals surface area contributed by atoms with Gasteiger partial charge in [0.15, 0.2) is 0 Å². The molecule has 2 aromatic carbocycles. The number of hydrogen-bond donors (Lipinski definition) is 3. The zero-order chi connectivity index (χ0) is 26.6. The lowest BCUT2D eigenvalue weighted by atomic mass is 10.0. The van der Waals surface area contributed by atoms with E-state index in [0.717, 1.165) is 73.4 Å². The van der Waals surface area contributed by atoms with E-state index in [4.69, 9.17) is 0 Å². The number of likely N-dealkylation sites (N-methyl/N-ethyl adjacent to an activating group) is 1. The second kappa shape index (κ2) is 14.2. The number of fused-ring (bicyclic) bond motifs is 1. The van der Waals surface area contributed by atoms with Crippen LogP contribution in [-0.4, -0.2) is 23.8 Å². The van der Waals surface area contributed by atoms with Gasteiger partial charge in [-0.3, -0.25) is 14.4 Å². The molecule has 37 heavy (non-hydrogen) atoms. The minimum atomic E-state index is -0.117. The zero-order valence-corrected chi connectivity index (χ0v) is 22.3. The van der Waals surface area contributed by atoms with Crippen LogP contribution in [-0.2, 0) is 28.9 Å². The third kappa shape index (κ3) is 8.74. The van der Waals surface area contributed by atoms with Gasteiger partial charge in [-0.05, 0) is 73.8 Å². The van der Waals surface area contributed by atoms with Crippen LogP contribution in [0.4, 0.5) is 5.69 Å². The topological polar surface area (TPSA) is 91.1 Å². The number of rotatable bonds is 13. The summed E-state index contributed by atoms with van der Waals surface area (Å²) >= 11 is 0. The van der Waals surface area contributed by atoms with Crippen LogP contribution in [0.1, 0.15) is 69.1 Å². The number of benzene rings is 2. The third-order valence-electron chi connectivity index (χ3n) is 6.65. The summed E-state index contributed by atoms with van der Waals surface area (Å²) in [5, 5.41) is 6.62. The van der Waals surface area contributed by atoms with Gasteiger partial charge in [0.1, 0.15) is 0 Å². The maximum Gasteiger partial charge on any atom is 0.248 e. The number of anilines is 1. The Balaban J connectivity index is 1.51. The Hall–Kier alpha value is -3.67. The Morgan fingerprint density at radius 2 is 1.68 bits per heavy atom. The van der Waals surface area contributed by atoms with Gasteiger partial charge in [-0.15, -0.1) is 0 Å². The molecule has 3 N–H and O–H groups in total. The highest BCUT2D eigenvalue weighted by Crippen LogP contribution is 2.21. The van der Waals surface area contributed by atoms with Crippen molar-refractivity contribution >= 4 is 28.4 Å². The van der Waals surface area contributed by atoms with E-state index in [9.17, 15) is 14.4 Å². The molecule has 196 valence electrons. The quantitative estimate of drug-likeness (QED) is 0.203. The molecule has 0 spiro atoms. The molecule has 1 aromatic heterocycles. The van der Waals surface area contributed by atoms with Gasteiger partial charge in [-0.2, -0.15) is 0 Å². The smallest absolute Gasteiger partial charge is 0.248 e. The van der Waals surface area contributed by atoms with Crippen molar-refractivity contribution in [3.63, 3.8) is 0 Å². The van der Waals surface area contributed by atoms with Crippen LogP contribution in [0.2, 0.25) is 0 Å². The van der Waals surface area contributed by atoms with Crippen molar-refractivity contribution in [3.05, 3.63) is 87.2 Å². The highest BCUT2D eigenvalue weighted by Gasteiger charge is 2.08. The van der Waals surface area contributed by atoms with Gasteiger partial charge >= 0.3 is 0 Å². The maximum atomic E-state index is 12.7. The molecule has 3 aromatic rings. The van der Waals surface area contributed by atoms with E-state index in [1.807, 2.05) is 30.3 Å². The van der Waals surface area contributed by atoms with Crippen molar-refractivity contribution in [2.45, 2.75) is 71.6 Å². The van der Waals surface area contributed by atoms with Crippen molar-refractivity contribution < 1.29 is 9.59 Å². The van der Waals surface area contributed by atoms with Crippen molar-refractivity contribution in [2.24, 2.45) is 0 Å². The number of nitrogens with one attached hydrogen (secondary N) is 3. The molecule has 0 radical (unpaired) electrons. The van der Waals surface area contributed by atoms with Gasteiger partial charge in [-0.1, -0.05) is 56.2 Å². The lowest BCUT2D eigenvalue weighted by Gasteiger charge is -2.10. The normalized spacial score (nSPS) is 11.5. The number of aromatic amines is 1. The molecule has 0 aliphatic rings. The first-order chi connectivity index (χ1) is 17.9. The van der Waals surface area contributed by atoms with E-state index in [1.165, 1.54) is 11.1 Å². The van der Waals surface area contributed by atoms with E-state index in [1.54, 1.807) is 19.2 Å². The minimum absolute atomic E-state index is 0.0384. The van der Waals surface area contributed by atoms with Crippen molar-refractivity contribution in [2.75, 3.05) is 12.4 Å². The number of unbranched alkanes of at least 4 members (excludes halogenated alkanes) is 2. The molecule has 0 atom stereocenters. The van der Waals surface area contributed by atoms with E-state index in [0.29, 0.717) is 5.69 Å². The molecule has 0 bridgehead atoms. The maximum absolute atomic E-state index is 12.7. The van der Waals surface area contributed by atoms with Crippen molar-refractivity contribution in [1.82, 2.24) is 10.3 Å². The van der Waals surface area contributed by atoms with Gasteiger partial charge in [-0.25, -0.2) is 0 Å². The summed E-state index contributed by atoms with van der Waals surface area (Å²) in [7, 11) is 1.65. The lowest BCUT2D eigenvalue weighted by molar-refractivity contribution is -0.116. The Morgan fingerprint density at radius 1 is 0.919 bits per heavy atom. The Bertz CT molecular complexity index is 1290. The number of carbonyl (C=O) groups is 2. The van der Waals surface area contributed by atoms with Crippen molar-refractivity contribution in [1.29, 1.82) is 0 Å². The van der Waals surface area contributed by atoms with E-state index >= 15 is 0 Å². The number of hydrogen-bond acceptors (Lipinski definition) is 3. The summed E-state index contributed by atoms with van der Waals surface area (Å²) in [5.41, 5.74) is 5.73. The van der Waals surface area contributed by atoms with E-state index < -0.39 is 0 Å². The van der Waals surface area contributed by atoms with E-state index in [-0.39, 0.29) is 23.8 Å². The average molecular weight is 502 g/mol. The standard InChI is InChI=1S/C31H39N3O3/c1-4-6-11-25-20-31(37)34-28-21-26(16-17-27(25)28)33-30(36)19-24-14-12-23(13-15-24)10-8-7-9-22(5-2)18-29(35)32-3/h12-18,20-21H,4-11,19H2,1-3H3,(H,32,35)(H,33,36)(H,34,37). The summed E-state index contributed by atoms with van der Waals surface area (Å²) in [6, 6.07) is 15.6. The Kier molecular flexibility index (Phi) is 10.7. The molecule has 6 nitrogen and oxygen atoms in total. The molecule has 0 aliphatic carbocycles. The molecular weight excluding hydrogens is 462 g/mol. The SMILES string of the molecule is CCCCc1cc(=O)[nH]c2cc(NC(=O)Cc3ccc(CCCCC(=CC(=O)NC)CC)cc3)ccc12. The van der Waals surface area contributed by atoms with Crippen LogP contribution in [0.5, 0.6) is 0 Å². The molecule has 0 saturated heterocycles. The van der Waals surface area contributed by atoms with E-state index in [2.05, 4.69) is 41.6 Å². The summed E-state index contributed by atoms with van der Waals surface area (Å²) < 4.78 is 0. The molecule has 2 amide bonds. The summed E-state index contributed by atoms with van der Waals surface area (Å²) in [6.45, 7) is 4.21. The lowest BCUT2D eigenvalue weighted by Crippen LogP contribution is -2.15. The first-order valence-corrected chi connectivity index (χ1v) is 13.4. The van der Waals surface area contributed by atoms with Gasteiger partial charge in [0.2, 0.25) is 17.4 Å². The fourth-order valence-electron chi connectivity index (χ4n) is 4.49. The zero-order valence-electron chi connectivity index (χ0n) is 22.3. The number of amides is 2. The Morgan fingerprint density at radius 3 is 2.38 bits per heavy atom. The molecule has 0 saturated carbocycles. The van der Waals surface area contributed by atoms with Crippen LogP contribution in [0.25, 0.3) is 10.9 Å². The number of carbonyl (C=O) groups excluding carboxylic acids is 2. The highest BCUT2D eigenvalue weighted by atomic mass is 16.2. The number of H-pyrrole nitrogens is 1. The number of aromatic nitrogens is 1. The molecule has 6 heteroatoms. The summed E-state index contributed by atoms with van der Waals surface area (Å²) in [4.78, 5) is 39.2. The second-order valence-electron chi connectivity index (χ2n) is 9.54. The fourth-order valence-corrected chi connectivity index (χ4v) is 4.49. The monoisotopic (exact) mass is 501 g/mol. The largest absolute Gasteiger partial charge is 0.356 e. The number of allylic oxidation sites excluding steroid dienone is 1. The third-order valence-corrected chi connectivity index (χ3v) is 6.65. The van der Waals surface area contributed by atoms with Crippen LogP contribution in [0.15, 0.2) is 65.0 Å². The van der Waals surface area contributed by atoms with Gasteiger partial charge < -0.3 is 15.6 Å². The number of aryl methyl sites for hydroxylation is 2. The molecule has 0 fully saturated rings. The molecule has 0 unspecified atom stereocenters. The van der Waals surface area contributed by atoms with Gasteiger partial charge in [0.25, 0.3) is 0 Å². The summed E-state index contributed by atoms with van der Waals surface area (Å²) in [5.74, 6) is -0.129. The van der Waals surface area contributed by atoms with Crippen LogP contribution < -0.4 is 16.2 Å². The fraction of sp³-hybridized carbons (Fsp3) is 0.387. The molecule has 0 aliphatic heterocycles. The highest BCUT2D eigenvalue weighted by molar-refractivity contribution is 5.95. The Labute approximate surface area is 219 Å². The van der Waals surface area contributed by atoms with Gasteiger partial charge in [0.05, 0.1) is 11.9 Å². The van der Waals surface area contributed by atoms with Crippen LogP contribution in [0.3, 0.4) is 0 Å². The van der Waals surface area contributed by atoms with Gasteiger partial charge in [0, 0.05) is 30.3 Å². The molecule has 3 rings (SSSR count). The molecule has 1 heterocycles. The van der Waals surface area contributed by atoms with Crippen molar-refractivity contribution in [3.8, 4) is 0 Å². The minimum Gasteiger partial charge on any atom is -0.356 e. The van der Waals surface area contributed by atoms with Crippen LogP contribution >= 0.6 is 0 Å². The van der Waals surface area contributed by atoms with Crippen LogP contribution in [0, 0.1) is 0 Å². The molecular formula is C31H39N3O3. The number of pyridine rings is 1. The first-order valence-electron chi connectivity index (χ1n) is 13.4. The predicted molar refractivity (Wildman–Crippen MR) is 152 cm³/mol. The average Bonchev–Trinajstić information content (AvgIpc) is 2.89. The predicted octanol–water partition coefficient (Wildman–Crippen LogP) is 5.85. The first kappa shape index (κ1) is 27.9. The summed E-state index contributed by atoms with van der Waals surface area (Å²) in [6.07, 6.45) is 9.86. The second-order valence-corrected chi connectivity index (χ2v) is 9.54.